The van der Waals surface area contributed by atoms with E-state index in [4.69, 9.17) is 0 Å². The molecule has 4 aromatic rings. The molecule has 0 unspecified atom stereocenters. The highest BCUT2D eigenvalue weighted by molar-refractivity contribution is 7.89. The maximum atomic E-state index is 13.2. The van der Waals surface area contributed by atoms with Crippen molar-refractivity contribution in [3.63, 3.8) is 0 Å². The van der Waals surface area contributed by atoms with Crippen LogP contribution >= 0.6 is 0 Å². The molecule has 0 bridgehead atoms. The first-order valence-corrected chi connectivity index (χ1v) is 12.8. The van der Waals surface area contributed by atoms with Gasteiger partial charge in [0.1, 0.15) is 0 Å². The predicted molar refractivity (Wildman–Crippen MR) is 135 cm³/mol. The molecule has 10 heteroatoms. The number of aryl methyl sites for hydroxylation is 3. The number of nitrogens with zero attached hydrogens (tertiary/aromatic N) is 2. The molecule has 1 aromatic heterocycles. The third-order valence-corrected chi connectivity index (χ3v) is 7.75. The molecule has 4 rings (SSSR count). The van der Waals surface area contributed by atoms with Crippen molar-refractivity contribution < 1.29 is 21.6 Å². The Morgan fingerprint density at radius 3 is 2.33 bits per heavy atom. The summed E-state index contributed by atoms with van der Waals surface area (Å²) in [6, 6.07) is 13.6. The Hall–Kier alpha value is -3.37. The van der Waals surface area contributed by atoms with E-state index in [1.165, 1.54) is 10.7 Å². The van der Waals surface area contributed by atoms with Crippen molar-refractivity contribution in [2.24, 2.45) is 0 Å². The first-order chi connectivity index (χ1) is 16.9. The summed E-state index contributed by atoms with van der Waals surface area (Å²) in [6.07, 6.45) is -2.88. The Balaban J connectivity index is 1.54. The summed E-state index contributed by atoms with van der Waals surface area (Å²) >= 11 is 0. The van der Waals surface area contributed by atoms with Gasteiger partial charge in [-0.05, 0) is 69.2 Å². The van der Waals surface area contributed by atoms with Crippen LogP contribution in [0.5, 0.6) is 0 Å². The van der Waals surface area contributed by atoms with E-state index in [0.29, 0.717) is 33.4 Å². The van der Waals surface area contributed by atoms with Crippen molar-refractivity contribution >= 4 is 26.6 Å². The summed E-state index contributed by atoms with van der Waals surface area (Å²) in [5.74, 6) is 0. The van der Waals surface area contributed by atoms with E-state index in [1.807, 2.05) is 25.1 Å². The Morgan fingerprint density at radius 2 is 1.67 bits per heavy atom. The minimum atomic E-state index is -4.45. The van der Waals surface area contributed by atoms with Crippen molar-refractivity contribution in [1.82, 2.24) is 14.5 Å². The molecule has 0 saturated carbocycles. The zero-order valence-corrected chi connectivity index (χ0v) is 21.1. The van der Waals surface area contributed by atoms with E-state index in [-0.39, 0.29) is 11.4 Å². The Bertz CT molecular complexity index is 1500. The summed E-state index contributed by atoms with van der Waals surface area (Å²) in [4.78, 5) is 0.282. The van der Waals surface area contributed by atoms with Crippen molar-refractivity contribution in [3.05, 3.63) is 83.0 Å². The molecule has 36 heavy (non-hydrogen) atoms. The lowest BCUT2D eigenvalue weighted by Crippen LogP contribution is -2.38. The van der Waals surface area contributed by atoms with E-state index in [2.05, 4.69) is 15.1 Å². The van der Waals surface area contributed by atoms with Crippen molar-refractivity contribution in [2.45, 2.75) is 44.8 Å². The quantitative estimate of drug-likeness (QED) is 0.328. The van der Waals surface area contributed by atoms with Gasteiger partial charge in [-0.2, -0.15) is 18.3 Å². The van der Waals surface area contributed by atoms with Gasteiger partial charge in [-0.3, -0.25) is 0 Å². The molecular weight excluding hydrogens is 489 g/mol. The second-order valence-corrected chi connectivity index (χ2v) is 10.6. The maximum absolute atomic E-state index is 13.2. The predicted octanol–water partition coefficient (Wildman–Crippen LogP) is 5.75. The fourth-order valence-corrected chi connectivity index (χ4v) is 6.14. The number of fused-ring (bicyclic) bond motifs is 1. The summed E-state index contributed by atoms with van der Waals surface area (Å²) in [5.41, 5.74) is 3.23. The van der Waals surface area contributed by atoms with Gasteiger partial charge in [0.15, 0.2) is 0 Å². The highest BCUT2D eigenvalue weighted by atomic mass is 32.2. The summed E-state index contributed by atoms with van der Waals surface area (Å²) in [6.45, 7) is 7.53. The standard InChI is InChI=1S/C26H27F3N4O2S/c1-16-11-17(2)25(18(3)12-16)36(34,35)32-19(4)14-30-23-9-6-10-24-22(23)15-31-33(24)21-8-5-7-20(13-21)26(27,28)29/h5-13,15,19,30,32H,14H2,1-4H3/t19-/m0/s1. The third kappa shape index (κ3) is 5.24. The third-order valence-electron chi connectivity index (χ3n) is 5.86. The SMILES string of the molecule is Cc1cc(C)c(S(=O)(=O)N[C@@H](C)CNc2cccc3c2cnn3-c2cccc(C(F)(F)F)c2)c(C)c1. The molecule has 3 aromatic carbocycles. The average molecular weight is 517 g/mol. The number of aromatic nitrogens is 2. The van der Waals surface area contributed by atoms with Crippen LogP contribution < -0.4 is 10.0 Å². The average Bonchev–Trinajstić information content (AvgIpc) is 3.20. The van der Waals surface area contributed by atoms with Gasteiger partial charge < -0.3 is 5.32 Å². The van der Waals surface area contributed by atoms with Crippen LogP contribution in [0.1, 0.15) is 29.2 Å². The summed E-state index contributed by atoms with van der Waals surface area (Å²) < 4.78 is 69.8. The first kappa shape index (κ1) is 25.7. The van der Waals surface area contributed by atoms with Crippen LogP contribution in [0.25, 0.3) is 16.6 Å². The van der Waals surface area contributed by atoms with Crippen LogP contribution in [0, 0.1) is 20.8 Å². The molecule has 2 N–H and O–H groups in total. The van der Waals surface area contributed by atoms with Crippen LogP contribution in [-0.4, -0.2) is 30.8 Å². The van der Waals surface area contributed by atoms with E-state index < -0.39 is 27.8 Å². The maximum Gasteiger partial charge on any atom is 0.416 e. The Morgan fingerprint density at radius 1 is 1.00 bits per heavy atom. The molecule has 0 aliphatic carbocycles. The Labute approximate surface area is 208 Å². The summed E-state index contributed by atoms with van der Waals surface area (Å²) in [5, 5.41) is 8.24. The summed E-state index contributed by atoms with van der Waals surface area (Å²) in [7, 11) is -3.73. The number of sulfonamides is 1. The Kier molecular flexibility index (Phi) is 6.85. The van der Waals surface area contributed by atoms with Crippen LogP contribution in [-0.2, 0) is 16.2 Å². The van der Waals surface area contributed by atoms with Crippen molar-refractivity contribution in [3.8, 4) is 5.69 Å². The first-order valence-electron chi connectivity index (χ1n) is 11.4. The number of hydrogen-bond acceptors (Lipinski definition) is 4. The fourth-order valence-electron chi connectivity index (χ4n) is 4.44. The zero-order valence-electron chi connectivity index (χ0n) is 20.3. The number of alkyl halides is 3. The lowest BCUT2D eigenvalue weighted by atomic mass is 10.1. The molecule has 0 radical (unpaired) electrons. The van der Waals surface area contributed by atoms with Gasteiger partial charge in [-0.1, -0.05) is 29.8 Å². The van der Waals surface area contributed by atoms with Gasteiger partial charge in [0.05, 0.1) is 27.9 Å². The van der Waals surface area contributed by atoms with Crippen molar-refractivity contribution in [1.29, 1.82) is 0 Å². The molecule has 1 atom stereocenters. The smallest absolute Gasteiger partial charge is 0.383 e. The minimum absolute atomic E-state index is 0.282. The van der Waals surface area contributed by atoms with Gasteiger partial charge in [0.2, 0.25) is 10.0 Å². The van der Waals surface area contributed by atoms with Gasteiger partial charge in [0.25, 0.3) is 0 Å². The topological polar surface area (TPSA) is 76.0 Å². The molecule has 6 nitrogen and oxygen atoms in total. The van der Waals surface area contributed by atoms with Crippen molar-refractivity contribution in [2.75, 3.05) is 11.9 Å². The monoisotopic (exact) mass is 516 g/mol. The second-order valence-electron chi connectivity index (χ2n) is 8.97. The number of rotatable bonds is 7. The van der Waals surface area contributed by atoms with Gasteiger partial charge in [-0.25, -0.2) is 17.8 Å². The largest absolute Gasteiger partial charge is 0.416 e. The number of benzene rings is 3. The molecule has 0 spiro atoms. The van der Waals surface area contributed by atoms with Crippen LogP contribution in [0.15, 0.2) is 65.7 Å². The zero-order chi connectivity index (χ0) is 26.3. The van der Waals surface area contributed by atoms with E-state index in [1.54, 1.807) is 45.2 Å². The molecule has 0 fully saturated rings. The molecular formula is C26H27F3N4O2S. The van der Waals surface area contributed by atoms with Crippen LogP contribution in [0.4, 0.5) is 18.9 Å². The van der Waals surface area contributed by atoms with Crippen LogP contribution in [0.3, 0.4) is 0 Å². The number of halogens is 3. The van der Waals surface area contributed by atoms with E-state index in [9.17, 15) is 21.6 Å². The number of anilines is 1. The minimum Gasteiger partial charge on any atom is -0.383 e. The molecule has 0 aliphatic heterocycles. The van der Waals surface area contributed by atoms with E-state index in [0.717, 1.165) is 17.7 Å². The molecule has 190 valence electrons. The van der Waals surface area contributed by atoms with E-state index >= 15 is 0 Å². The fraction of sp³-hybridized carbons (Fsp3) is 0.269. The number of nitrogens with one attached hydrogen (secondary N) is 2. The number of hydrogen-bond donors (Lipinski definition) is 2. The highest BCUT2D eigenvalue weighted by Gasteiger charge is 2.30. The van der Waals surface area contributed by atoms with Gasteiger partial charge in [-0.15, -0.1) is 0 Å². The highest BCUT2D eigenvalue weighted by Crippen LogP contribution is 2.32. The molecule has 0 aliphatic rings. The van der Waals surface area contributed by atoms with Crippen LogP contribution in [0.2, 0.25) is 0 Å². The normalized spacial score (nSPS) is 13.2. The second kappa shape index (κ2) is 9.59. The molecule has 0 saturated heterocycles. The van der Waals surface area contributed by atoms with Gasteiger partial charge >= 0.3 is 6.18 Å². The molecule has 0 amide bonds. The lowest BCUT2D eigenvalue weighted by molar-refractivity contribution is -0.137. The van der Waals surface area contributed by atoms with Gasteiger partial charge in [0, 0.05) is 23.7 Å². The molecule has 1 heterocycles. The lowest BCUT2D eigenvalue weighted by Gasteiger charge is -2.18.